The number of nitrogens with one attached hydrogen (secondary N) is 4. The van der Waals surface area contributed by atoms with Crippen LogP contribution in [0, 0.1) is 11.7 Å². The smallest absolute Gasteiger partial charge is 0.345 e. The summed E-state index contributed by atoms with van der Waals surface area (Å²) in [7, 11) is 0. The summed E-state index contributed by atoms with van der Waals surface area (Å²) in [5, 5.41) is 11.3. The molecule has 9 rings (SSSR count). The molecule has 0 saturated carbocycles. The number of alkyl halides is 3. The highest BCUT2D eigenvalue weighted by Crippen LogP contribution is 2.31. The molecule has 9 aromatic carbocycles. The first-order valence-electron chi connectivity index (χ1n) is 43.1. The molecule has 24 heteroatoms. The number of benzene rings is 9. The molecule has 124 heavy (non-hydrogen) atoms. The van der Waals surface area contributed by atoms with Gasteiger partial charge in [0, 0.05) is 25.7 Å². The lowest BCUT2D eigenvalue weighted by molar-refractivity contribution is -0.137. The largest absolute Gasteiger partial charge is 0.416 e. The minimum absolute atomic E-state index is 0.0160. The summed E-state index contributed by atoms with van der Waals surface area (Å²) in [6.45, 7) is 6.12. The number of Topliss-reactive ketones (excluding diaryl/α,β-unsaturated/α-hetero) is 4. The molecule has 0 heterocycles. The van der Waals surface area contributed by atoms with E-state index in [1.807, 2.05) is 218 Å². The van der Waals surface area contributed by atoms with E-state index in [0.29, 0.717) is 147 Å². The molecule has 0 aliphatic carbocycles. The number of carbonyl (C=O) groups is 8. The van der Waals surface area contributed by atoms with Crippen molar-refractivity contribution in [1.29, 1.82) is 0 Å². The average Bonchev–Trinajstić information content (AvgIpc) is 0.825. The van der Waals surface area contributed by atoms with E-state index >= 15 is 0 Å². The van der Waals surface area contributed by atoms with Gasteiger partial charge in [0.2, 0.25) is 23.6 Å². The van der Waals surface area contributed by atoms with Gasteiger partial charge in [-0.2, -0.15) is 13.2 Å². The fourth-order valence-corrected chi connectivity index (χ4v) is 13.7. The van der Waals surface area contributed by atoms with Gasteiger partial charge in [0.25, 0.3) is 0 Å². The third-order valence-electron chi connectivity index (χ3n) is 21.1. The van der Waals surface area contributed by atoms with Gasteiger partial charge in [0.05, 0.1) is 53.9 Å². The third kappa shape index (κ3) is 38.8. The molecule has 0 spiro atoms. The molecule has 8 atom stereocenters. The summed E-state index contributed by atoms with van der Waals surface area (Å²) in [4.78, 5) is 102. The minimum atomic E-state index is -4.66. The number of amides is 4. The molecule has 0 radical (unpaired) electrons. The van der Waals surface area contributed by atoms with Crippen LogP contribution >= 0.6 is 0 Å². The van der Waals surface area contributed by atoms with Crippen molar-refractivity contribution < 1.29 is 55.9 Å². The monoisotopic (exact) mass is 1700 g/mol. The second-order valence-corrected chi connectivity index (χ2v) is 31.6. The lowest BCUT2D eigenvalue weighted by atomic mass is 9.95. The van der Waals surface area contributed by atoms with E-state index in [4.69, 9.17) is 45.9 Å². The van der Waals surface area contributed by atoms with Crippen molar-refractivity contribution in [3.63, 3.8) is 0 Å². The first-order chi connectivity index (χ1) is 59.7. The van der Waals surface area contributed by atoms with Crippen LogP contribution in [0.3, 0.4) is 0 Å². The van der Waals surface area contributed by atoms with Crippen LogP contribution in [-0.2, 0) is 89.5 Å². The standard InChI is InChI=1S/2C28H33N3O2.C23H27F4N3O2.C21H35N3O2/c29-18-8-15-25(30)28(33)31-26(17-16-21-9-3-1-4-10-21)27(32)20-22-11-7-14-24(19-22)23-12-5-2-6-13-23;29-19-7-12-25(30)28(33)31-26(18-15-21-8-3-1-4-9-21)27(32)20-22-13-16-24(17-14-22)23-10-5-2-6-11-23;24-18-10-9-17(23(25,26)27)13-16(18)14-21(31)20(11-8-15-5-2-1-3-6-15)30-22(32)19(29)7-4-12-28;1-16(2)8-6-12-20(25)19(14-13-17-9-4-3-5-10-17)24-21(26)18(23)11-7-15-22/h1-7,9-14,19,25-26H,8,15-18,20,29-30H2,(H,31,33);1-6,8-11,13-14,16-17,25-26H,7,12,15,18-20,29-30H2,(H,31,33);1-3,5-6,9-10,13,19-20H,4,7-8,11-12,14,28-29H2,(H,30,32);3-5,9-10,16,18-19H,6-8,11-15,22-23H2,1-2H3,(H,24,26)/t2*25-,26+;19-,20+;18-,19+/m0000/s1. The van der Waals surface area contributed by atoms with Crippen LogP contribution in [0.1, 0.15) is 155 Å². The number of nitrogens with two attached hydrogens (primary N) is 8. The zero-order chi connectivity index (χ0) is 90.0. The molecule has 0 fully saturated rings. The Morgan fingerprint density at radius 1 is 0.306 bits per heavy atom. The van der Waals surface area contributed by atoms with Crippen molar-refractivity contribution in [3.05, 3.63) is 299 Å². The van der Waals surface area contributed by atoms with Gasteiger partial charge in [-0.3, -0.25) is 38.4 Å². The molecule has 0 bridgehead atoms. The van der Waals surface area contributed by atoms with Crippen LogP contribution in [0.25, 0.3) is 22.3 Å². The molecule has 20 N–H and O–H groups in total. The van der Waals surface area contributed by atoms with Crippen molar-refractivity contribution in [3.8, 4) is 22.3 Å². The highest BCUT2D eigenvalue weighted by molar-refractivity contribution is 5.94. The number of rotatable bonds is 48. The Labute approximate surface area is 729 Å². The highest BCUT2D eigenvalue weighted by Gasteiger charge is 2.33. The van der Waals surface area contributed by atoms with E-state index in [0.717, 1.165) is 74.9 Å². The summed E-state index contributed by atoms with van der Waals surface area (Å²) in [5.74, 6) is -2.29. The molecule has 4 amide bonds. The highest BCUT2D eigenvalue weighted by atomic mass is 19.4. The fraction of sp³-hybridized carbons (Fsp3) is 0.380. The number of ketones is 4. The van der Waals surface area contributed by atoms with Gasteiger partial charge in [-0.1, -0.05) is 251 Å². The summed E-state index contributed by atoms with van der Waals surface area (Å²) in [6.07, 6.45) is 6.46. The number of carbonyl (C=O) groups excluding carboxylic acids is 8. The SMILES string of the molecule is CC(C)CCCC(=O)[C@@H](CCc1ccccc1)NC(=O)[C@@H](N)CCCN.NCCC[C@H](N)C(=O)N[C@H](CCc1ccccc1)C(=O)Cc1cc(C(F)(F)F)ccc1F.NCCC[C@H](N)C(=O)N[C@H](CCc1ccccc1)C(=O)Cc1ccc(-c2ccccc2)cc1.NCCC[C@H](N)C(=O)N[C@H](CCc1ccccc1)C(=O)Cc1cccc(-c2ccccc2)c1. The van der Waals surface area contributed by atoms with Crippen molar-refractivity contribution in [2.24, 2.45) is 51.8 Å². The predicted octanol–water partition coefficient (Wildman–Crippen LogP) is 13.0. The zero-order valence-corrected chi connectivity index (χ0v) is 71.6. The van der Waals surface area contributed by atoms with Crippen LogP contribution in [-0.4, -0.2) is 121 Å². The van der Waals surface area contributed by atoms with Crippen molar-refractivity contribution in [2.45, 2.75) is 210 Å². The molecule has 0 saturated heterocycles. The Morgan fingerprint density at radius 2 is 0.605 bits per heavy atom. The second kappa shape index (κ2) is 56.7. The van der Waals surface area contributed by atoms with Gasteiger partial charge in [0.15, 0.2) is 23.1 Å². The Hall–Kier alpha value is -11.1. The lowest BCUT2D eigenvalue weighted by Crippen LogP contribution is -2.49. The molecule has 0 aliphatic rings. The van der Waals surface area contributed by atoms with Gasteiger partial charge in [-0.25, -0.2) is 4.39 Å². The van der Waals surface area contributed by atoms with Gasteiger partial charge in [-0.05, 0) is 221 Å². The van der Waals surface area contributed by atoms with Crippen LogP contribution < -0.4 is 67.1 Å². The number of halogens is 4. The van der Waals surface area contributed by atoms with Crippen LogP contribution in [0.2, 0.25) is 0 Å². The number of aryl methyl sites for hydroxylation is 4. The van der Waals surface area contributed by atoms with Crippen LogP contribution in [0.15, 0.2) is 249 Å². The van der Waals surface area contributed by atoms with Crippen molar-refractivity contribution in [1.82, 2.24) is 21.3 Å². The van der Waals surface area contributed by atoms with E-state index in [2.05, 4.69) is 47.2 Å². The predicted molar refractivity (Wildman–Crippen MR) is 487 cm³/mol. The Bertz CT molecular complexity index is 4620. The lowest BCUT2D eigenvalue weighted by Gasteiger charge is -2.21. The van der Waals surface area contributed by atoms with Crippen molar-refractivity contribution in [2.75, 3.05) is 26.2 Å². The van der Waals surface area contributed by atoms with Gasteiger partial charge < -0.3 is 67.1 Å². The van der Waals surface area contributed by atoms with Gasteiger partial charge in [-0.15, -0.1) is 0 Å². The summed E-state index contributed by atoms with van der Waals surface area (Å²) in [5.41, 5.74) is 54.9. The number of hydrogen-bond donors (Lipinski definition) is 12. The first-order valence-corrected chi connectivity index (χ1v) is 43.1. The molecule has 664 valence electrons. The first kappa shape index (κ1) is 102. The Balaban J connectivity index is 0.000000257. The van der Waals surface area contributed by atoms with E-state index in [9.17, 15) is 55.9 Å². The maximum Gasteiger partial charge on any atom is 0.416 e. The van der Waals surface area contributed by atoms with Crippen LogP contribution in [0.5, 0.6) is 0 Å². The van der Waals surface area contributed by atoms with Gasteiger partial charge >= 0.3 is 6.18 Å². The van der Waals surface area contributed by atoms with E-state index in [1.165, 1.54) is 0 Å². The quantitative estimate of drug-likeness (QED) is 0.0158. The maximum atomic E-state index is 14.1. The van der Waals surface area contributed by atoms with E-state index in [1.54, 1.807) is 0 Å². The fourth-order valence-electron chi connectivity index (χ4n) is 13.7. The third-order valence-corrected chi connectivity index (χ3v) is 21.1. The molecule has 20 nitrogen and oxygen atoms in total. The minimum Gasteiger partial charge on any atom is -0.345 e. The number of hydrogen-bond acceptors (Lipinski definition) is 16. The van der Waals surface area contributed by atoms with E-state index < -0.39 is 84.0 Å². The molecule has 0 unspecified atom stereocenters. The average molecular weight is 1700 g/mol. The Morgan fingerprint density at radius 3 is 0.944 bits per heavy atom. The summed E-state index contributed by atoms with van der Waals surface area (Å²) >= 11 is 0. The molecule has 9 aromatic rings. The second-order valence-electron chi connectivity index (χ2n) is 31.6. The Kier molecular flexibility index (Phi) is 46.5. The molecule has 0 aliphatic heterocycles. The normalized spacial score (nSPS) is 13.0. The topological polar surface area (TPSA) is 393 Å². The summed E-state index contributed by atoms with van der Waals surface area (Å²) < 4.78 is 53.1. The van der Waals surface area contributed by atoms with E-state index in [-0.39, 0.29) is 59.9 Å². The molecular formula is C100H128F4N12O8. The molecular weight excluding hydrogens is 1570 g/mol. The van der Waals surface area contributed by atoms with Gasteiger partial charge in [0.1, 0.15) is 5.82 Å². The van der Waals surface area contributed by atoms with Crippen molar-refractivity contribution >= 4 is 46.8 Å². The van der Waals surface area contributed by atoms with Crippen LogP contribution in [0.4, 0.5) is 17.6 Å². The maximum absolute atomic E-state index is 14.1. The zero-order valence-electron chi connectivity index (χ0n) is 71.6. The molecule has 0 aromatic heterocycles. The summed E-state index contributed by atoms with van der Waals surface area (Å²) in [6, 6.07) is 71.7.